The molecule has 0 aliphatic heterocycles. The first kappa shape index (κ1) is 9.94. The fraction of sp³-hybridized carbons (Fsp3) is 0.333. The molecule has 0 saturated carbocycles. The van der Waals surface area contributed by atoms with Gasteiger partial charge in [-0.1, -0.05) is 0 Å². The summed E-state index contributed by atoms with van der Waals surface area (Å²) in [6, 6.07) is 0. The molecule has 0 unspecified atom stereocenters. The molecule has 0 aromatic heterocycles. The third-order valence-electron chi connectivity index (χ3n) is 0.800. The molecule has 10 heavy (non-hydrogen) atoms. The van der Waals surface area contributed by atoms with Crippen molar-refractivity contribution in [2.24, 2.45) is 0 Å². The van der Waals surface area contributed by atoms with Crippen molar-refractivity contribution < 1.29 is 9.59 Å². The molecule has 4 heteroatoms. The van der Waals surface area contributed by atoms with Crippen LogP contribution in [0.4, 0.5) is 0 Å². The molecule has 0 heterocycles. The normalized spacial score (nSPS) is 7.80. The minimum absolute atomic E-state index is 0.0756. The van der Waals surface area contributed by atoms with Crippen molar-refractivity contribution in [3.8, 4) is 0 Å². The van der Waals surface area contributed by atoms with Gasteiger partial charge in [-0.3, -0.25) is 0 Å². The molecule has 0 amide bonds. The van der Waals surface area contributed by atoms with Crippen molar-refractivity contribution in [1.29, 1.82) is 0 Å². The first-order valence-corrected chi connectivity index (χ1v) is 7.52. The summed E-state index contributed by atoms with van der Waals surface area (Å²) in [4.78, 5) is 20.3. The van der Waals surface area contributed by atoms with Crippen molar-refractivity contribution >= 4 is 41.8 Å². The van der Waals surface area contributed by atoms with E-state index in [9.17, 15) is 9.59 Å². The van der Waals surface area contributed by atoms with Gasteiger partial charge >= 0.3 is 72.0 Å². The number of allylic oxidation sites excluding steroid dienone is 2. The zero-order valence-corrected chi connectivity index (χ0v) is 9.06. The fourth-order valence-corrected chi connectivity index (χ4v) is 3.48. The summed E-state index contributed by atoms with van der Waals surface area (Å²) < 4.78 is 1.06. The van der Waals surface area contributed by atoms with E-state index in [4.69, 9.17) is 0 Å². The number of rotatable bonds is 3. The van der Waals surface area contributed by atoms with Crippen LogP contribution in [0.15, 0.2) is 8.94 Å². The van der Waals surface area contributed by atoms with Gasteiger partial charge in [-0.25, -0.2) is 0 Å². The van der Waals surface area contributed by atoms with Crippen molar-refractivity contribution in [2.45, 2.75) is 11.6 Å². The quantitative estimate of drug-likeness (QED) is 0.407. The van der Waals surface area contributed by atoms with Gasteiger partial charge in [0.1, 0.15) is 0 Å². The van der Waals surface area contributed by atoms with Gasteiger partial charge in [-0.05, 0) is 0 Å². The first-order chi connectivity index (χ1) is 4.79. The van der Waals surface area contributed by atoms with Gasteiger partial charge in [-0.15, -0.1) is 0 Å². The Hall–Kier alpha value is -0.0610. The van der Waals surface area contributed by atoms with Crippen LogP contribution in [-0.2, 0) is 9.59 Å². The van der Waals surface area contributed by atoms with Crippen molar-refractivity contribution in [2.75, 3.05) is 0 Å². The van der Waals surface area contributed by atoms with Gasteiger partial charge in [-0.2, -0.15) is 0 Å². The van der Waals surface area contributed by atoms with Crippen LogP contribution in [0.3, 0.4) is 0 Å². The van der Waals surface area contributed by atoms with Crippen molar-refractivity contribution in [3.63, 3.8) is 0 Å². The van der Waals surface area contributed by atoms with Crippen LogP contribution >= 0.6 is 0 Å². The van der Waals surface area contributed by atoms with E-state index in [2.05, 4.69) is 0 Å². The average Bonchev–Trinajstić information content (AvgIpc) is 2.00. The summed E-state index contributed by atoms with van der Waals surface area (Å²) in [7, 11) is 0. The summed E-state index contributed by atoms with van der Waals surface area (Å²) in [5, 5.41) is 0. The maximum atomic E-state index is 10.2. The molecular formula is C6H6O2Se2. The predicted octanol–water partition coefficient (Wildman–Crippen LogP) is -0.0780. The second-order valence-corrected chi connectivity index (χ2v) is 4.70. The van der Waals surface area contributed by atoms with Crippen LogP contribution in [0.5, 0.6) is 0 Å². The minimum atomic E-state index is 0.0756. The Morgan fingerprint density at radius 1 is 1.00 bits per heavy atom. The summed E-state index contributed by atoms with van der Waals surface area (Å²) >= 11 is 0.151. The molecule has 0 spiro atoms. The topological polar surface area (TPSA) is 34.1 Å². The SMILES string of the molecule is C[Se]C(=C=O)C(=C=O)[Se]C. The van der Waals surface area contributed by atoms with Gasteiger partial charge in [0.15, 0.2) is 0 Å². The molecule has 0 radical (unpaired) electrons. The Labute approximate surface area is 72.1 Å². The average molecular weight is 268 g/mol. The molecule has 0 aromatic carbocycles. The Morgan fingerprint density at radius 3 is 1.40 bits per heavy atom. The van der Waals surface area contributed by atoms with E-state index >= 15 is 0 Å². The van der Waals surface area contributed by atoms with Crippen LogP contribution in [-0.4, -0.2) is 41.8 Å². The zero-order valence-electron chi connectivity index (χ0n) is 5.63. The second-order valence-electron chi connectivity index (χ2n) is 1.27. The van der Waals surface area contributed by atoms with Crippen LogP contribution < -0.4 is 0 Å². The van der Waals surface area contributed by atoms with Crippen LogP contribution in [0, 0.1) is 0 Å². The Balaban J connectivity index is 4.60. The molecule has 0 bridgehead atoms. The first-order valence-electron chi connectivity index (χ1n) is 2.38. The number of hydrogen-bond acceptors (Lipinski definition) is 2. The Morgan fingerprint density at radius 2 is 1.30 bits per heavy atom. The Bertz CT molecular complexity index is 186. The molecule has 0 N–H and O–H groups in total. The van der Waals surface area contributed by atoms with Gasteiger partial charge in [0.25, 0.3) is 0 Å². The summed E-state index contributed by atoms with van der Waals surface area (Å²) in [6.07, 6.45) is 0. The van der Waals surface area contributed by atoms with E-state index in [1.165, 1.54) is 0 Å². The molecule has 0 atom stereocenters. The summed E-state index contributed by atoms with van der Waals surface area (Å²) in [5.41, 5.74) is 0. The maximum absolute atomic E-state index is 10.2. The van der Waals surface area contributed by atoms with Crippen LogP contribution in [0.25, 0.3) is 0 Å². The Kier molecular flexibility index (Phi) is 5.67. The van der Waals surface area contributed by atoms with E-state index in [1.807, 2.05) is 11.6 Å². The molecule has 0 aliphatic rings. The van der Waals surface area contributed by atoms with Crippen LogP contribution in [0.1, 0.15) is 0 Å². The van der Waals surface area contributed by atoms with Gasteiger partial charge < -0.3 is 0 Å². The molecule has 0 aromatic rings. The molecule has 0 rings (SSSR count). The third kappa shape index (κ3) is 2.68. The van der Waals surface area contributed by atoms with Crippen molar-refractivity contribution in [1.82, 2.24) is 0 Å². The third-order valence-corrected chi connectivity index (χ3v) is 4.37. The fourth-order valence-electron chi connectivity index (χ4n) is 0.361. The summed E-state index contributed by atoms with van der Waals surface area (Å²) in [5.74, 6) is 7.30. The summed E-state index contributed by atoms with van der Waals surface area (Å²) in [6.45, 7) is 0. The number of hydrogen-bond donors (Lipinski definition) is 0. The molecule has 0 fully saturated rings. The molecule has 54 valence electrons. The monoisotopic (exact) mass is 270 g/mol. The van der Waals surface area contributed by atoms with E-state index in [0.29, 0.717) is 8.94 Å². The van der Waals surface area contributed by atoms with Gasteiger partial charge in [0.2, 0.25) is 0 Å². The number of carbonyl (C=O) groups excluding carboxylic acids is 2. The van der Waals surface area contributed by atoms with E-state index in [1.54, 1.807) is 11.9 Å². The van der Waals surface area contributed by atoms with E-state index < -0.39 is 0 Å². The standard InChI is InChI=1S/C6H6O2Se2/c1-9-5(3-7)6(4-8)10-2/h1-2H3. The predicted molar refractivity (Wildman–Crippen MR) is 41.6 cm³/mol. The van der Waals surface area contributed by atoms with Gasteiger partial charge in [0.05, 0.1) is 0 Å². The zero-order chi connectivity index (χ0) is 7.98. The second kappa shape index (κ2) is 5.70. The molecule has 0 aliphatic carbocycles. The molecule has 0 saturated heterocycles. The van der Waals surface area contributed by atoms with Gasteiger partial charge in [0, 0.05) is 0 Å². The molecule has 2 nitrogen and oxygen atoms in total. The van der Waals surface area contributed by atoms with Crippen molar-refractivity contribution in [3.05, 3.63) is 8.94 Å². The van der Waals surface area contributed by atoms with E-state index in [-0.39, 0.29) is 29.9 Å². The van der Waals surface area contributed by atoms with Crippen LogP contribution in [0.2, 0.25) is 11.6 Å². The van der Waals surface area contributed by atoms with E-state index in [0.717, 1.165) is 0 Å². The molecular weight excluding hydrogens is 262 g/mol.